The Kier molecular flexibility index (Phi) is 5.88. The summed E-state index contributed by atoms with van der Waals surface area (Å²) < 4.78 is 39.6. The molecule has 0 aliphatic carbocycles. The molecule has 2 rings (SSSR count). The van der Waals surface area contributed by atoms with Gasteiger partial charge in [0, 0.05) is 19.3 Å². The minimum absolute atomic E-state index is 0. The molecule has 8 heteroatoms. The molecule has 0 saturated carbocycles. The van der Waals surface area contributed by atoms with Crippen molar-refractivity contribution in [3.05, 3.63) is 24.3 Å². The van der Waals surface area contributed by atoms with Crippen molar-refractivity contribution < 1.29 is 12.8 Å². The molecule has 0 bridgehead atoms. The van der Waals surface area contributed by atoms with E-state index in [-0.39, 0.29) is 22.7 Å². The van der Waals surface area contributed by atoms with Crippen LogP contribution in [-0.4, -0.2) is 33.0 Å². The third-order valence-electron chi connectivity index (χ3n) is 3.36. The van der Waals surface area contributed by atoms with Crippen LogP contribution in [0.5, 0.6) is 0 Å². The number of hydrogen-bond donors (Lipinski definition) is 2. The summed E-state index contributed by atoms with van der Waals surface area (Å²) in [5.41, 5.74) is -0.105. The van der Waals surface area contributed by atoms with Crippen molar-refractivity contribution in [1.82, 2.24) is 15.0 Å². The minimum Gasteiger partial charge on any atom is -0.316 e. The van der Waals surface area contributed by atoms with Gasteiger partial charge < -0.3 is 5.32 Å². The van der Waals surface area contributed by atoms with E-state index in [0.717, 1.165) is 44.4 Å². The number of nitrogens with zero attached hydrogens (tertiary/aromatic N) is 1. The fourth-order valence-corrected chi connectivity index (χ4v) is 3.33. The smallest absolute Gasteiger partial charge is 0.242 e. The molecule has 0 amide bonds. The molecule has 2 N–H and O–H groups in total. The Balaban J connectivity index is 0.00000200. The number of pyridine rings is 1. The second kappa shape index (κ2) is 6.80. The maximum Gasteiger partial charge on any atom is 0.242 e. The minimum atomic E-state index is -3.70. The van der Waals surface area contributed by atoms with Crippen LogP contribution in [0.4, 0.5) is 4.39 Å². The molecule has 0 radical (unpaired) electrons. The maximum atomic E-state index is 13.0. The van der Waals surface area contributed by atoms with E-state index in [1.54, 1.807) is 0 Å². The Labute approximate surface area is 124 Å². The van der Waals surface area contributed by atoms with Crippen LogP contribution in [0.15, 0.2) is 23.4 Å². The van der Waals surface area contributed by atoms with Crippen LogP contribution in [0, 0.1) is 11.2 Å². The summed E-state index contributed by atoms with van der Waals surface area (Å²) in [4.78, 5) is 3.42. The Morgan fingerprint density at radius 2 is 2.25 bits per heavy atom. The molecule has 1 fully saturated rings. The van der Waals surface area contributed by atoms with Crippen LogP contribution in [0.2, 0.25) is 0 Å². The Bertz CT molecular complexity index is 547. The van der Waals surface area contributed by atoms with Crippen LogP contribution in [0.1, 0.15) is 19.8 Å². The first kappa shape index (κ1) is 17.3. The molecule has 2 heterocycles. The van der Waals surface area contributed by atoms with Crippen molar-refractivity contribution in [2.45, 2.75) is 24.7 Å². The van der Waals surface area contributed by atoms with Crippen LogP contribution in [-0.2, 0) is 10.0 Å². The average molecular weight is 324 g/mol. The number of nitrogens with one attached hydrogen (secondary N) is 2. The summed E-state index contributed by atoms with van der Waals surface area (Å²) in [5.74, 6) is -0.659. The van der Waals surface area contributed by atoms with Gasteiger partial charge >= 0.3 is 0 Å². The number of piperidine rings is 1. The van der Waals surface area contributed by atoms with E-state index < -0.39 is 15.8 Å². The molecule has 114 valence electrons. The molecule has 1 atom stereocenters. The predicted molar refractivity (Wildman–Crippen MR) is 76.8 cm³/mol. The molecule has 5 nitrogen and oxygen atoms in total. The zero-order valence-corrected chi connectivity index (χ0v) is 12.9. The van der Waals surface area contributed by atoms with Crippen LogP contribution in [0.3, 0.4) is 0 Å². The summed E-state index contributed by atoms with van der Waals surface area (Å²) >= 11 is 0. The van der Waals surface area contributed by atoms with E-state index in [9.17, 15) is 12.8 Å². The number of hydrogen-bond acceptors (Lipinski definition) is 4. The van der Waals surface area contributed by atoms with Crippen LogP contribution < -0.4 is 10.0 Å². The van der Waals surface area contributed by atoms with E-state index in [1.165, 1.54) is 0 Å². The molecule has 1 unspecified atom stereocenters. The highest BCUT2D eigenvalue weighted by atomic mass is 35.5. The summed E-state index contributed by atoms with van der Waals surface area (Å²) in [7, 11) is -3.70. The highest BCUT2D eigenvalue weighted by Crippen LogP contribution is 2.24. The Morgan fingerprint density at radius 3 is 2.85 bits per heavy atom. The van der Waals surface area contributed by atoms with Crippen LogP contribution in [0.25, 0.3) is 0 Å². The topological polar surface area (TPSA) is 71.1 Å². The third-order valence-corrected chi connectivity index (χ3v) is 4.73. The molecule has 1 aromatic rings. The Hall–Kier alpha value is -0.760. The van der Waals surface area contributed by atoms with Gasteiger partial charge in [0.25, 0.3) is 0 Å². The normalized spacial score (nSPS) is 23.1. The van der Waals surface area contributed by atoms with Gasteiger partial charge in [0.1, 0.15) is 10.7 Å². The lowest BCUT2D eigenvalue weighted by molar-refractivity contribution is 0.238. The fourth-order valence-electron chi connectivity index (χ4n) is 2.16. The van der Waals surface area contributed by atoms with Crippen molar-refractivity contribution in [3.8, 4) is 0 Å². The summed E-state index contributed by atoms with van der Waals surface area (Å²) in [6.45, 7) is 4.11. The second-order valence-electron chi connectivity index (χ2n) is 5.25. The molecule has 1 aliphatic heterocycles. The van der Waals surface area contributed by atoms with Gasteiger partial charge in [-0.15, -0.1) is 12.4 Å². The van der Waals surface area contributed by atoms with E-state index >= 15 is 0 Å². The lowest BCUT2D eigenvalue weighted by Gasteiger charge is -2.34. The van der Waals surface area contributed by atoms with Crippen LogP contribution >= 0.6 is 12.4 Å². The number of sulfonamides is 1. The van der Waals surface area contributed by atoms with E-state index in [4.69, 9.17) is 0 Å². The zero-order chi connectivity index (χ0) is 13.9. The number of rotatable bonds is 4. The van der Waals surface area contributed by atoms with Crippen molar-refractivity contribution in [3.63, 3.8) is 0 Å². The zero-order valence-electron chi connectivity index (χ0n) is 11.2. The molecule has 1 aliphatic rings. The lowest BCUT2D eigenvalue weighted by atomic mass is 9.83. The molecular weight excluding hydrogens is 305 g/mol. The summed E-state index contributed by atoms with van der Waals surface area (Å²) in [6.07, 6.45) is 4.11. The third kappa shape index (κ3) is 4.37. The first-order chi connectivity index (χ1) is 8.91. The van der Waals surface area contributed by atoms with Gasteiger partial charge in [-0.05, 0) is 30.9 Å². The second-order valence-corrected chi connectivity index (χ2v) is 7.02. The summed E-state index contributed by atoms with van der Waals surface area (Å²) in [5, 5.41) is 3.25. The van der Waals surface area contributed by atoms with Crippen molar-refractivity contribution in [1.29, 1.82) is 0 Å². The number of halogens is 2. The van der Waals surface area contributed by atoms with Gasteiger partial charge in [0.15, 0.2) is 0 Å². The van der Waals surface area contributed by atoms with Crippen molar-refractivity contribution in [2.75, 3.05) is 19.6 Å². The number of aromatic nitrogens is 1. The van der Waals surface area contributed by atoms with Gasteiger partial charge in [-0.25, -0.2) is 17.5 Å². The molecule has 1 saturated heterocycles. The SMILES string of the molecule is CC1(CNS(=O)(=O)c2cncc(F)c2)CCCNC1.Cl. The van der Waals surface area contributed by atoms with E-state index in [0.29, 0.717) is 6.54 Å². The largest absolute Gasteiger partial charge is 0.316 e. The lowest BCUT2D eigenvalue weighted by Crippen LogP contribution is -2.45. The molecule has 0 aromatic carbocycles. The monoisotopic (exact) mass is 323 g/mol. The van der Waals surface area contributed by atoms with E-state index in [1.807, 2.05) is 6.92 Å². The van der Waals surface area contributed by atoms with Gasteiger partial charge in [-0.1, -0.05) is 6.92 Å². The first-order valence-electron chi connectivity index (χ1n) is 6.22. The molecule has 1 aromatic heterocycles. The highest BCUT2D eigenvalue weighted by molar-refractivity contribution is 7.89. The quantitative estimate of drug-likeness (QED) is 0.876. The van der Waals surface area contributed by atoms with E-state index in [2.05, 4.69) is 15.0 Å². The van der Waals surface area contributed by atoms with Gasteiger partial charge in [0.05, 0.1) is 6.20 Å². The molecular formula is C12H19ClFN3O2S. The first-order valence-corrected chi connectivity index (χ1v) is 7.71. The average Bonchev–Trinajstić information content (AvgIpc) is 2.38. The maximum absolute atomic E-state index is 13.0. The van der Waals surface area contributed by atoms with Crippen molar-refractivity contribution in [2.24, 2.45) is 5.41 Å². The molecule has 0 spiro atoms. The van der Waals surface area contributed by atoms with Gasteiger partial charge in [-0.3, -0.25) is 4.98 Å². The standard InChI is InChI=1S/C12H18FN3O2S.ClH/c1-12(3-2-4-14-8-12)9-16-19(17,18)11-5-10(13)6-15-7-11;/h5-7,14,16H,2-4,8-9H2,1H3;1H. The van der Waals surface area contributed by atoms with Crippen molar-refractivity contribution >= 4 is 22.4 Å². The Morgan fingerprint density at radius 1 is 1.50 bits per heavy atom. The highest BCUT2D eigenvalue weighted by Gasteiger charge is 2.28. The molecule has 20 heavy (non-hydrogen) atoms. The predicted octanol–water partition coefficient (Wildman–Crippen LogP) is 1.31. The van der Waals surface area contributed by atoms with Gasteiger partial charge in [0.2, 0.25) is 10.0 Å². The van der Waals surface area contributed by atoms with Gasteiger partial charge in [-0.2, -0.15) is 0 Å². The fraction of sp³-hybridized carbons (Fsp3) is 0.583. The summed E-state index contributed by atoms with van der Waals surface area (Å²) in [6, 6.07) is 0.969.